The first-order chi connectivity index (χ1) is 15.2. The van der Waals surface area contributed by atoms with Crippen LogP contribution in [0.2, 0.25) is 5.02 Å². The van der Waals surface area contributed by atoms with E-state index < -0.39 is 30.7 Å². The van der Waals surface area contributed by atoms with Crippen LogP contribution >= 0.6 is 11.6 Å². The van der Waals surface area contributed by atoms with Crippen molar-refractivity contribution in [2.24, 2.45) is 0 Å². The number of halogens is 5. The number of methoxy groups -OCH3 is 1. The minimum Gasteiger partial charge on any atom is -0.494 e. The van der Waals surface area contributed by atoms with Crippen LogP contribution in [0.1, 0.15) is 24.3 Å². The van der Waals surface area contributed by atoms with Crippen LogP contribution < -0.4 is 10.1 Å². The number of carbonyl (C=O) groups excluding carboxylic acids is 1. The maximum absolute atomic E-state index is 13.7. The van der Waals surface area contributed by atoms with Gasteiger partial charge in [-0.2, -0.15) is 13.2 Å². The predicted molar refractivity (Wildman–Crippen MR) is 113 cm³/mol. The number of alkyl halides is 3. The van der Waals surface area contributed by atoms with Gasteiger partial charge in [-0.05, 0) is 67.3 Å². The zero-order chi connectivity index (χ0) is 23.3. The number of piperidine rings is 1. The first-order valence-electron chi connectivity index (χ1n) is 10.0. The van der Waals surface area contributed by atoms with Crippen molar-refractivity contribution in [3.05, 3.63) is 58.9 Å². The Balaban J connectivity index is 1.64. The van der Waals surface area contributed by atoms with Gasteiger partial charge < -0.3 is 9.47 Å². The van der Waals surface area contributed by atoms with Gasteiger partial charge >= 0.3 is 12.3 Å². The summed E-state index contributed by atoms with van der Waals surface area (Å²) in [7, 11) is 1.36. The summed E-state index contributed by atoms with van der Waals surface area (Å²) in [5.41, 5.74) is 1.06. The molecule has 1 N–H and O–H groups in total. The Morgan fingerprint density at radius 1 is 1.25 bits per heavy atom. The van der Waals surface area contributed by atoms with E-state index >= 15 is 0 Å². The van der Waals surface area contributed by atoms with Gasteiger partial charge in [0.15, 0.2) is 11.6 Å². The van der Waals surface area contributed by atoms with Gasteiger partial charge in [-0.25, -0.2) is 9.18 Å². The smallest absolute Gasteiger partial charge is 0.426 e. The number of likely N-dealkylation sites (tertiary alicyclic amines) is 1. The first kappa shape index (κ1) is 24.1. The molecule has 1 aliphatic rings. The lowest BCUT2D eigenvalue weighted by Crippen LogP contribution is -2.47. The van der Waals surface area contributed by atoms with E-state index in [1.165, 1.54) is 37.4 Å². The third kappa shape index (κ3) is 6.49. The van der Waals surface area contributed by atoms with Crippen molar-refractivity contribution >= 4 is 23.4 Å². The summed E-state index contributed by atoms with van der Waals surface area (Å²) in [6, 6.07) is 10.4. The van der Waals surface area contributed by atoms with Crippen molar-refractivity contribution in [3.8, 4) is 5.75 Å². The van der Waals surface area contributed by atoms with Crippen molar-refractivity contribution in [3.63, 3.8) is 0 Å². The van der Waals surface area contributed by atoms with Gasteiger partial charge in [-0.3, -0.25) is 10.2 Å². The van der Waals surface area contributed by atoms with Crippen LogP contribution in [-0.2, 0) is 4.74 Å². The lowest BCUT2D eigenvalue weighted by molar-refractivity contribution is -0.207. The molecule has 32 heavy (non-hydrogen) atoms. The Labute approximate surface area is 188 Å². The SMILES string of the molecule is COc1cc([C@@H]2CCCN(C[C@@H](OC(=O)Nc3ccc(Cl)cc3)C(F)(F)F)C2)ccc1F. The quantitative estimate of drug-likeness (QED) is 0.534. The molecule has 2 aromatic rings. The molecule has 10 heteroatoms. The van der Waals surface area contributed by atoms with E-state index in [0.717, 1.165) is 12.0 Å². The zero-order valence-electron chi connectivity index (χ0n) is 17.3. The number of carbonyl (C=O) groups is 1. The van der Waals surface area contributed by atoms with Crippen molar-refractivity contribution in [2.45, 2.75) is 31.0 Å². The molecule has 0 bridgehead atoms. The summed E-state index contributed by atoms with van der Waals surface area (Å²) in [6.45, 7) is 0.263. The Kier molecular flexibility index (Phi) is 7.84. The Morgan fingerprint density at radius 2 is 1.97 bits per heavy atom. The van der Waals surface area contributed by atoms with Gasteiger partial charge in [0.05, 0.1) is 7.11 Å². The molecule has 0 unspecified atom stereocenters. The molecular weight excluding hydrogens is 452 g/mol. The maximum Gasteiger partial charge on any atom is 0.426 e. The van der Waals surface area contributed by atoms with E-state index in [4.69, 9.17) is 21.1 Å². The number of rotatable bonds is 6. The predicted octanol–water partition coefficient (Wildman–Crippen LogP) is 5.85. The third-order valence-corrected chi connectivity index (χ3v) is 5.53. The fraction of sp³-hybridized carbons (Fsp3) is 0.409. The molecule has 0 aliphatic carbocycles. The molecular formula is C22H23ClF4N2O3. The number of ether oxygens (including phenoxy) is 2. The number of amides is 1. The fourth-order valence-electron chi connectivity index (χ4n) is 3.68. The highest BCUT2D eigenvalue weighted by Crippen LogP contribution is 2.32. The molecule has 1 saturated heterocycles. The van der Waals surface area contributed by atoms with Gasteiger partial charge in [0.2, 0.25) is 6.10 Å². The minimum atomic E-state index is -4.73. The molecule has 0 aromatic heterocycles. The molecule has 2 atom stereocenters. The second-order valence-corrected chi connectivity index (χ2v) is 8.00. The minimum absolute atomic E-state index is 0.0879. The van der Waals surface area contributed by atoms with E-state index in [0.29, 0.717) is 24.5 Å². The van der Waals surface area contributed by atoms with E-state index in [9.17, 15) is 22.4 Å². The molecule has 1 amide bonds. The first-order valence-corrected chi connectivity index (χ1v) is 10.4. The Hall–Kier alpha value is -2.52. The fourth-order valence-corrected chi connectivity index (χ4v) is 3.80. The van der Waals surface area contributed by atoms with Gasteiger partial charge in [0, 0.05) is 23.8 Å². The number of anilines is 1. The monoisotopic (exact) mass is 474 g/mol. The normalized spacial score (nSPS) is 18.1. The van der Waals surface area contributed by atoms with Crippen molar-refractivity contribution < 1.29 is 31.8 Å². The van der Waals surface area contributed by atoms with E-state index in [2.05, 4.69) is 5.32 Å². The molecule has 0 spiro atoms. The maximum atomic E-state index is 13.7. The summed E-state index contributed by atoms with van der Waals surface area (Å²) >= 11 is 5.76. The second-order valence-electron chi connectivity index (χ2n) is 7.56. The van der Waals surface area contributed by atoms with Gasteiger partial charge in [-0.15, -0.1) is 0 Å². The zero-order valence-corrected chi connectivity index (χ0v) is 18.0. The van der Waals surface area contributed by atoms with E-state index in [-0.39, 0.29) is 17.4 Å². The lowest BCUT2D eigenvalue weighted by Gasteiger charge is -2.35. The van der Waals surface area contributed by atoms with Crippen LogP contribution in [0, 0.1) is 5.82 Å². The summed E-state index contributed by atoms with van der Waals surface area (Å²) in [6.07, 6.45) is -6.82. The largest absolute Gasteiger partial charge is 0.494 e. The highest BCUT2D eigenvalue weighted by Gasteiger charge is 2.44. The van der Waals surface area contributed by atoms with E-state index in [1.807, 2.05) is 0 Å². The molecule has 2 aromatic carbocycles. The highest BCUT2D eigenvalue weighted by atomic mass is 35.5. The number of hydrogen-bond acceptors (Lipinski definition) is 4. The summed E-state index contributed by atoms with van der Waals surface area (Å²) in [5.74, 6) is -0.494. The van der Waals surface area contributed by atoms with Crippen molar-refractivity contribution in [1.29, 1.82) is 0 Å². The topological polar surface area (TPSA) is 50.8 Å². The standard InChI is InChI=1S/C22H23ClF4N2O3/c1-31-19-11-14(4-9-18(19)24)15-3-2-10-29(12-15)13-20(22(25,26)27)32-21(30)28-17-7-5-16(23)6-8-17/h4-9,11,15,20H,2-3,10,12-13H2,1H3,(H,28,30)/t15-,20-/m1/s1. The third-order valence-electron chi connectivity index (χ3n) is 5.28. The molecule has 0 radical (unpaired) electrons. The molecule has 3 rings (SSSR count). The molecule has 0 saturated carbocycles. The van der Waals surface area contributed by atoms with Gasteiger partial charge in [0.1, 0.15) is 0 Å². The number of nitrogens with one attached hydrogen (secondary N) is 1. The van der Waals surface area contributed by atoms with Crippen LogP contribution in [0.5, 0.6) is 5.75 Å². The summed E-state index contributed by atoms with van der Waals surface area (Å²) < 4.78 is 64.2. The van der Waals surface area contributed by atoms with Crippen LogP contribution in [0.15, 0.2) is 42.5 Å². The highest BCUT2D eigenvalue weighted by molar-refractivity contribution is 6.30. The van der Waals surface area contributed by atoms with Gasteiger partial charge in [-0.1, -0.05) is 17.7 Å². The molecule has 5 nitrogen and oxygen atoms in total. The average Bonchev–Trinajstić information content (AvgIpc) is 2.75. The Bertz CT molecular complexity index is 924. The van der Waals surface area contributed by atoms with Crippen molar-refractivity contribution in [2.75, 3.05) is 32.1 Å². The molecule has 1 aliphatic heterocycles. The Morgan fingerprint density at radius 3 is 2.62 bits per heavy atom. The molecule has 1 heterocycles. The van der Waals surface area contributed by atoms with Crippen LogP contribution in [0.25, 0.3) is 0 Å². The number of nitrogens with zero attached hydrogens (tertiary/aromatic N) is 1. The second kappa shape index (κ2) is 10.4. The summed E-state index contributed by atoms with van der Waals surface area (Å²) in [4.78, 5) is 13.7. The lowest BCUT2D eigenvalue weighted by atomic mass is 9.90. The van der Waals surface area contributed by atoms with Crippen molar-refractivity contribution in [1.82, 2.24) is 4.90 Å². The summed E-state index contributed by atoms with van der Waals surface area (Å²) in [5, 5.41) is 2.70. The van der Waals surface area contributed by atoms with Gasteiger partial charge in [0.25, 0.3) is 0 Å². The average molecular weight is 475 g/mol. The molecule has 1 fully saturated rings. The van der Waals surface area contributed by atoms with Crippen LogP contribution in [-0.4, -0.2) is 50.0 Å². The number of hydrogen-bond donors (Lipinski definition) is 1. The van der Waals surface area contributed by atoms with E-state index in [1.54, 1.807) is 17.0 Å². The van der Waals surface area contributed by atoms with Crippen LogP contribution in [0.4, 0.5) is 28.0 Å². The van der Waals surface area contributed by atoms with Crippen LogP contribution in [0.3, 0.4) is 0 Å². The molecule has 174 valence electrons. The number of benzene rings is 2.